The van der Waals surface area contributed by atoms with Gasteiger partial charge in [-0.05, 0) is 117 Å². The van der Waals surface area contributed by atoms with E-state index in [1.807, 2.05) is 48.5 Å². The van der Waals surface area contributed by atoms with Gasteiger partial charge in [-0.15, -0.1) is 0 Å². The van der Waals surface area contributed by atoms with E-state index in [0.29, 0.717) is 22.5 Å². The van der Waals surface area contributed by atoms with Crippen LogP contribution >= 0.6 is 0 Å². The number of aliphatic imine (C=N–C) groups is 2. The van der Waals surface area contributed by atoms with Crippen LogP contribution < -0.4 is 0 Å². The Hall–Kier alpha value is -4.86. The molecule has 216 valence electrons. The number of nitrogens with zero attached hydrogens (tertiary/aromatic N) is 2. The standard InChI is InChI=1S/C40H32N2O2.Zn/c1-23-27-11-5-7-13-29(27)25(3)39-31(23)17-19-37(43)33(39)21-41-35-15-9-10-16-36(35)42-22-34-38(44)20-18-32-24(2)28-12-6-8-14-30(28)26(4)40(32)34;/h5-22,43-44H,1-4H3;. The van der Waals surface area contributed by atoms with Gasteiger partial charge in [0.05, 0.1) is 11.4 Å². The van der Waals surface area contributed by atoms with Gasteiger partial charge in [-0.2, -0.15) is 0 Å². The summed E-state index contributed by atoms with van der Waals surface area (Å²) in [6.45, 7) is 8.45. The van der Waals surface area contributed by atoms with Gasteiger partial charge in [0.2, 0.25) is 0 Å². The molecule has 7 aromatic rings. The number of para-hydroxylation sites is 2. The van der Waals surface area contributed by atoms with E-state index in [1.165, 1.54) is 21.9 Å². The van der Waals surface area contributed by atoms with E-state index in [-0.39, 0.29) is 31.0 Å². The fourth-order valence-corrected chi connectivity index (χ4v) is 6.70. The van der Waals surface area contributed by atoms with Gasteiger partial charge in [0.15, 0.2) is 0 Å². The first-order valence-electron chi connectivity index (χ1n) is 14.8. The Bertz CT molecular complexity index is 2190. The smallest absolute Gasteiger partial charge is 0.125 e. The summed E-state index contributed by atoms with van der Waals surface area (Å²) >= 11 is 0. The number of phenolic OH excluding ortho intramolecular Hbond substituents is 2. The minimum Gasteiger partial charge on any atom is -0.507 e. The van der Waals surface area contributed by atoms with Crippen molar-refractivity contribution in [2.45, 2.75) is 27.7 Å². The van der Waals surface area contributed by atoms with Gasteiger partial charge < -0.3 is 10.2 Å². The van der Waals surface area contributed by atoms with E-state index >= 15 is 0 Å². The normalized spacial score (nSPS) is 11.8. The van der Waals surface area contributed by atoms with E-state index in [0.717, 1.165) is 43.4 Å². The summed E-state index contributed by atoms with van der Waals surface area (Å²) in [4.78, 5) is 9.69. The molecule has 45 heavy (non-hydrogen) atoms. The number of rotatable bonds is 4. The second kappa shape index (κ2) is 11.9. The number of aromatic hydroxyl groups is 2. The zero-order valence-corrected chi connectivity index (χ0v) is 28.9. The van der Waals surface area contributed by atoms with Crippen molar-refractivity contribution < 1.29 is 29.7 Å². The molecule has 0 atom stereocenters. The Morgan fingerprint density at radius 3 is 1.13 bits per heavy atom. The molecule has 0 fully saturated rings. The van der Waals surface area contributed by atoms with E-state index in [2.05, 4.69) is 64.1 Å². The van der Waals surface area contributed by atoms with E-state index in [9.17, 15) is 10.2 Å². The Balaban J connectivity index is 0.00000357. The van der Waals surface area contributed by atoms with Crippen molar-refractivity contribution in [2.75, 3.05) is 0 Å². The zero-order chi connectivity index (χ0) is 30.5. The second-order valence-electron chi connectivity index (χ2n) is 11.4. The number of hydrogen-bond acceptors (Lipinski definition) is 4. The predicted molar refractivity (Wildman–Crippen MR) is 186 cm³/mol. The summed E-state index contributed by atoms with van der Waals surface area (Å²) in [6.07, 6.45) is 3.48. The molecule has 7 rings (SSSR count). The van der Waals surface area contributed by atoms with Gasteiger partial charge in [-0.1, -0.05) is 72.8 Å². The van der Waals surface area contributed by atoms with Crippen LogP contribution in [0.15, 0.2) is 107 Å². The van der Waals surface area contributed by atoms with Crippen LogP contribution in [0.3, 0.4) is 0 Å². The molecule has 0 radical (unpaired) electrons. The quantitative estimate of drug-likeness (QED) is 0.115. The monoisotopic (exact) mass is 636 g/mol. The molecule has 0 spiro atoms. The Morgan fingerprint density at radius 2 is 0.756 bits per heavy atom. The average molecular weight is 638 g/mol. The van der Waals surface area contributed by atoms with Crippen molar-refractivity contribution in [1.29, 1.82) is 0 Å². The fraction of sp³-hybridized carbons (Fsp3) is 0.100. The number of benzene rings is 7. The molecule has 0 aliphatic rings. The third kappa shape index (κ3) is 4.98. The van der Waals surface area contributed by atoms with Crippen molar-refractivity contribution in [3.63, 3.8) is 0 Å². The molecule has 0 saturated carbocycles. The van der Waals surface area contributed by atoms with Crippen molar-refractivity contribution in [3.05, 3.63) is 130 Å². The van der Waals surface area contributed by atoms with E-state index in [4.69, 9.17) is 9.98 Å². The van der Waals surface area contributed by atoms with Crippen LogP contribution in [0.1, 0.15) is 33.4 Å². The van der Waals surface area contributed by atoms with Crippen LogP contribution in [0, 0.1) is 27.7 Å². The van der Waals surface area contributed by atoms with E-state index in [1.54, 1.807) is 24.6 Å². The van der Waals surface area contributed by atoms with Crippen LogP contribution in [-0.4, -0.2) is 22.6 Å². The minimum atomic E-state index is 0. The van der Waals surface area contributed by atoms with Gasteiger partial charge in [-0.25, -0.2) is 0 Å². The summed E-state index contributed by atoms with van der Waals surface area (Å²) in [6, 6.07) is 31.9. The van der Waals surface area contributed by atoms with Crippen molar-refractivity contribution in [1.82, 2.24) is 0 Å². The molecule has 4 nitrogen and oxygen atoms in total. The molecule has 0 saturated heterocycles. The first-order chi connectivity index (χ1) is 21.3. The first-order valence-corrected chi connectivity index (χ1v) is 14.8. The Kier molecular flexibility index (Phi) is 7.99. The largest absolute Gasteiger partial charge is 0.507 e. The molecule has 0 aromatic heterocycles. The molecule has 0 amide bonds. The van der Waals surface area contributed by atoms with E-state index < -0.39 is 0 Å². The van der Waals surface area contributed by atoms with Crippen molar-refractivity contribution in [2.24, 2.45) is 9.98 Å². The number of fused-ring (bicyclic) bond motifs is 4. The van der Waals surface area contributed by atoms with Crippen molar-refractivity contribution in [3.8, 4) is 11.5 Å². The molecular formula is C40H32N2O2Zn. The summed E-state index contributed by atoms with van der Waals surface area (Å²) in [5.41, 5.74) is 7.24. The SMILES string of the molecule is Cc1c2ccccc2c(C)c2c(C=Nc3ccccc3N=Cc3c(O)ccc4c(C)c5ccccc5c(C)c34)c(O)ccc12.[Zn]. The topological polar surface area (TPSA) is 65.2 Å². The molecule has 0 bridgehead atoms. The number of hydrogen-bond donors (Lipinski definition) is 2. The van der Waals surface area contributed by atoms with Gasteiger partial charge in [0, 0.05) is 43.0 Å². The van der Waals surface area contributed by atoms with Crippen LogP contribution in [0.4, 0.5) is 11.4 Å². The second-order valence-corrected chi connectivity index (χ2v) is 11.4. The van der Waals surface area contributed by atoms with Crippen LogP contribution in [0.25, 0.3) is 43.1 Å². The Morgan fingerprint density at radius 1 is 0.422 bits per heavy atom. The summed E-state index contributed by atoms with van der Waals surface area (Å²) < 4.78 is 0. The maximum Gasteiger partial charge on any atom is 0.125 e. The first kappa shape index (κ1) is 30.2. The minimum absolute atomic E-state index is 0. The van der Waals surface area contributed by atoms with Crippen LogP contribution in [0.5, 0.6) is 11.5 Å². The fourth-order valence-electron chi connectivity index (χ4n) is 6.70. The molecule has 5 heteroatoms. The average Bonchev–Trinajstić information content (AvgIpc) is 3.05. The molecule has 0 unspecified atom stereocenters. The van der Waals surface area contributed by atoms with Crippen LogP contribution in [0.2, 0.25) is 0 Å². The van der Waals surface area contributed by atoms with Gasteiger partial charge >= 0.3 is 0 Å². The van der Waals surface area contributed by atoms with Crippen molar-refractivity contribution >= 4 is 66.9 Å². The van der Waals surface area contributed by atoms with Gasteiger partial charge in [0.1, 0.15) is 11.5 Å². The van der Waals surface area contributed by atoms with Gasteiger partial charge in [0.25, 0.3) is 0 Å². The summed E-state index contributed by atoms with van der Waals surface area (Å²) in [7, 11) is 0. The Labute approximate surface area is 275 Å². The molecule has 0 aliphatic carbocycles. The molecule has 0 heterocycles. The number of aryl methyl sites for hydroxylation is 4. The third-order valence-electron chi connectivity index (χ3n) is 9.02. The molecular weight excluding hydrogens is 606 g/mol. The molecule has 7 aromatic carbocycles. The summed E-state index contributed by atoms with van der Waals surface area (Å²) in [5.74, 6) is 0.359. The van der Waals surface area contributed by atoms with Crippen LogP contribution in [-0.2, 0) is 19.5 Å². The third-order valence-corrected chi connectivity index (χ3v) is 9.02. The predicted octanol–water partition coefficient (Wildman–Crippen LogP) is 10.4. The molecule has 0 aliphatic heterocycles. The summed E-state index contributed by atoms with van der Waals surface area (Å²) in [5, 5.41) is 30.9. The molecule has 2 N–H and O–H groups in total. The maximum absolute atomic E-state index is 11.0. The maximum atomic E-state index is 11.0. The van der Waals surface area contributed by atoms with Gasteiger partial charge in [-0.3, -0.25) is 9.98 Å². The number of phenols is 2. The zero-order valence-electron chi connectivity index (χ0n) is 25.9.